The summed E-state index contributed by atoms with van der Waals surface area (Å²) in [4.78, 5) is 0. The number of rotatable bonds is 7. The van der Waals surface area contributed by atoms with E-state index < -0.39 is 11.6 Å². The summed E-state index contributed by atoms with van der Waals surface area (Å²) in [5, 5.41) is 0. The van der Waals surface area contributed by atoms with Crippen LogP contribution in [-0.2, 0) is 6.42 Å². The fourth-order valence-corrected chi connectivity index (χ4v) is 6.63. The number of aryl methyl sites for hydroxylation is 1. The molecule has 0 radical (unpaired) electrons. The zero-order chi connectivity index (χ0) is 23.2. The largest absolute Gasteiger partial charge is 0.203 e. The summed E-state index contributed by atoms with van der Waals surface area (Å²) in [6.45, 7) is 4.65. The Morgan fingerprint density at radius 1 is 0.879 bits per heavy atom. The highest BCUT2D eigenvalue weighted by Gasteiger charge is 2.29. The van der Waals surface area contributed by atoms with Crippen molar-refractivity contribution in [2.45, 2.75) is 104 Å². The van der Waals surface area contributed by atoms with E-state index in [4.69, 9.17) is 0 Å². The molecule has 2 saturated carbocycles. The first kappa shape index (κ1) is 24.7. The minimum absolute atomic E-state index is 0.497. The van der Waals surface area contributed by atoms with Crippen molar-refractivity contribution >= 4 is 5.57 Å². The molecule has 1 atom stereocenters. The van der Waals surface area contributed by atoms with Gasteiger partial charge in [0.1, 0.15) is 0 Å². The molecule has 1 aromatic rings. The third-order valence-corrected chi connectivity index (χ3v) is 9.14. The van der Waals surface area contributed by atoms with Crippen molar-refractivity contribution in [3.05, 3.63) is 53.1 Å². The summed E-state index contributed by atoms with van der Waals surface area (Å²) in [5.41, 5.74) is 2.03. The average molecular weight is 455 g/mol. The summed E-state index contributed by atoms with van der Waals surface area (Å²) in [7, 11) is 0. The smallest absolute Gasteiger partial charge is 0.166 e. The molecule has 0 saturated heterocycles. The zero-order valence-corrected chi connectivity index (χ0v) is 20.9. The van der Waals surface area contributed by atoms with E-state index in [-0.39, 0.29) is 0 Å². The maximum absolute atomic E-state index is 15.0. The lowest BCUT2D eigenvalue weighted by Gasteiger charge is -2.35. The van der Waals surface area contributed by atoms with Gasteiger partial charge in [-0.1, -0.05) is 76.3 Å². The van der Waals surface area contributed by atoms with E-state index in [0.29, 0.717) is 23.5 Å². The van der Waals surface area contributed by atoms with Gasteiger partial charge in [-0.2, -0.15) is 0 Å². The van der Waals surface area contributed by atoms with Crippen molar-refractivity contribution < 1.29 is 8.78 Å². The standard InChI is InChI=1S/C31H44F2/c1-3-23-12-14-25(15-13-23)26-16-18-27(19-17-26)29-21-20-28(30(32)31(29)33)7-5-4-6-24-10-8-22(2)9-11-24/h4,6,18,20-26H,3,5,7-17,19H2,1-2H3. The molecule has 0 aromatic heterocycles. The van der Waals surface area contributed by atoms with Gasteiger partial charge in [-0.3, -0.25) is 0 Å². The Labute approximate surface area is 200 Å². The van der Waals surface area contributed by atoms with Crippen molar-refractivity contribution in [3.8, 4) is 0 Å². The SMILES string of the molecule is CCC1CCC(C2CC=C(c3ccc(CCC=CC4CCC(C)CC4)c(F)c3F)CC2)CC1. The van der Waals surface area contributed by atoms with E-state index in [1.807, 2.05) is 12.1 Å². The van der Waals surface area contributed by atoms with E-state index in [1.54, 1.807) is 0 Å². The topological polar surface area (TPSA) is 0 Å². The lowest BCUT2D eigenvalue weighted by atomic mass is 9.70. The summed E-state index contributed by atoms with van der Waals surface area (Å²) < 4.78 is 29.8. The van der Waals surface area contributed by atoms with Crippen molar-refractivity contribution in [3.63, 3.8) is 0 Å². The van der Waals surface area contributed by atoms with E-state index in [0.717, 1.165) is 54.9 Å². The summed E-state index contributed by atoms with van der Waals surface area (Å²) >= 11 is 0. The van der Waals surface area contributed by atoms with Crippen molar-refractivity contribution in [2.75, 3.05) is 0 Å². The number of halogens is 2. The Balaban J connectivity index is 1.30. The predicted molar refractivity (Wildman–Crippen MR) is 136 cm³/mol. The molecule has 0 spiro atoms. The van der Waals surface area contributed by atoms with Crippen LogP contribution in [0.4, 0.5) is 8.78 Å². The molecule has 0 aliphatic heterocycles. The molecule has 0 amide bonds. The van der Waals surface area contributed by atoms with Crippen molar-refractivity contribution in [1.29, 1.82) is 0 Å². The second-order valence-electron chi connectivity index (χ2n) is 11.3. The quantitative estimate of drug-likeness (QED) is 0.360. The molecule has 33 heavy (non-hydrogen) atoms. The highest BCUT2D eigenvalue weighted by atomic mass is 19.2. The molecule has 0 heterocycles. The molecule has 2 heteroatoms. The van der Waals surface area contributed by atoms with Crippen LogP contribution in [-0.4, -0.2) is 0 Å². The van der Waals surface area contributed by atoms with E-state index in [9.17, 15) is 8.78 Å². The number of hydrogen-bond acceptors (Lipinski definition) is 0. The normalized spacial score (nSPS) is 31.0. The molecule has 0 N–H and O–H groups in total. The summed E-state index contributed by atoms with van der Waals surface area (Å²) in [6.07, 6.45) is 23.1. The molecule has 3 aliphatic carbocycles. The average Bonchev–Trinajstić information content (AvgIpc) is 2.86. The van der Waals surface area contributed by atoms with Crippen LogP contribution in [0.2, 0.25) is 0 Å². The van der Waals surface area contributed by atoms with E-state index in [2.05, 4.69) is 32.1 Å². The lowest BCUT2D eigenvalue weighted by molar-refractivity contribution is 0.192. The maximum Gasteiger partial charge on any atom is 0.166 e. The zero-order valence-electron chi connectivity index (χ0n) is 20.9. The fourth-order valence-electron chi connectivity index (χ4n) is 6.63. The van der Waals surface area contributed by atoms with Crippen LogP contribution >= 0.6 is 0 Å². The van der Waals surface area contributed by atoms with Gasteiger partial charge >= 0.3 is 0 Å². The van der Waals surface area contributed by atoms with E-state index in [1.165, 1.54) is 57.8 Å². The van der Waals surface area contributed by atoms with Crippen LogP contribution in [0.25, 0.3) is 5.57 Å². The van der Waals surface area contributed by atoms with Gasteiger partial charge in [0.2, 0.25) is 0 Å². The third-order valence-electron chi connectivity index (χ3n) is 9.14. The number of hydrogen-bond donors (Lipinski definition) is 0. The first-order chi connectivity index (χ1) is 16.0. The van der Waals surface area contributed by atoms with Crippen LogP contribution in [0, 0.1) is 41.2 Å². The first-order valence-corrected chi connectivity index (χ1v) is 13.9. The highest BCUT2D eigenvalue weighted by molar-refractivity contribution is 5.67. The number of benzene rings is 1. The maximum atomic E-state index is 15.0. The van der Waals surface area contributed by atoms with Gasteiger partial charge in [0.25, 0.3) is 0 Å². The second-order valence-corrected chi connectivity index (χ2v) is 11.3. The Bertz CT molecular complexity index is 820. The fraction of sp³-hybridized carbons (Fsp3) is 0.677. The molecule has 1 aromatic carbocycles. The van der Waals surface area contributed by atoms with Gasteiger partial charge in [0.05, 0.1) is 0 Å². The molecule has 4 rings (SSSR count). The predicted octanol–water partition coefficient (Wildman–Crippen LogP) is 9.68. The minimum atomic E-state index is -0.633. The van der Waals surface area contributed by atoms with Gasteiger partial charge in [-0.05, 0) is 98.5 Å². The first-order valence-electron chi connectivity index (χ1n) is 13.9. The molecule has 3 aliphatic rings. The molecule has 1 unspecified atom stereocenters. The van der Waals surface area contributed by atoms with Crippen molar-refractivity contribution in [1.82, 2.24) is 0 Å². The second kappa shape index (κ2) is 11.8. The third kappa shape index (κ3) is 6.37. The molecule has 0 nitrogen and oxygen atoms in total. The Hall–Kier alpha value is -1.44. The highest BCUT2D eigenvalue weighted by Crippen LogP contribution is 2.42. The van der Waals surface area contributed by atoms with Crippen LogP contribution in [0.3, 0.4) is 0 Å². The van der Waals surface area contributed by atoms with Gasteiger partial charge in [0.15, 0.2) is 11.6 Å². The molecule has 0 bridgehead atoms. The van der Waals surface area contributed by atoms with Gasteiger partial charge in [-0.15, -0.1) is 0 Å². The summed E-state index contributed by atoms with van der Waals surface area (Å²) in [6, 6.07) is 3.65. The number of allylic oxidation sites excluding steroid dienone is 4. The van der Waals surface area contributed by atoms with Gasteiger partial charge in [-0.25, -0.2) is 8.78 Å². The van der Waals surface area contributed by atoms with Crippen LogP contribution in [0.5, 0.6) is 0 Å². The molecular weight excluding hydrogens is 410 g/mol. The lowest BCUT2D eigenvalue weighted by Crippen LogP contribution is -2.23. The monoisotopic (exact) mass is 454 g/mol. The Kier molecular flexibility index (Phi) is 8.83. The summed E-state index contributed by atoms with van der Waals surface area (Å²) in [5.74, 6) is 2.76. The van der Waals surface area contributed by atoms with Gasteiger partial charge < -0.3 is 0 Å². The molecule has 2 fully saturated rings. The van der Waals surface area contributed by atoms with Crippen LogP contribution in [0.15, 0.2) is 30.4 Å². The molecular formula is C31H44F2. The van der Waals surface area contributed by atoms with Gasteiger partial charge in [0, 0.05) is 5.56 Å². The minimum Gasteiger partial charge on any atom is -0.203 e. The van der Waals surface area contributed by atoms with Crippen LogP contribution in [0.1, 0.15) is 108 Å². The Morgan fingerprint density at radius 3 is 2.30 bits per heavy atom. The molecule has 182 valence electrons. The van der Waals surface area contributed by atoms with Crippen LogP contribution < -0.4 is 0 Å². The van der Waals surface area contributed by atoms with Crippen molar-refractivity contribution in [2.24, 2.45) is 29.6 Å². The Morgan fingerprint density at radius 2 is 1.64 bits per heavy atom. The van der Waals surface area contributed by atoms with E-state index >= 15 is 0 Å².